The molecule has 0 saturated carbocycles. The second-order valence-electron chi connectivity index (χ2n) is 4.18. The minimum Gasteiger partial charge on any atom is -0.486 e. The van der Waals surface area contributed by atoms with Gasteiger partial charge in [0.2, 0.25) is 0 Å². The monoisotopic (exact) mass is 269 g/mol. The van der Waals surface area contributed by atoms with Gasteiger partial charge in [-0.15, -0.1) is 11.6 Å². The molecule has 0 aliphatic carbocycles. The molecule has 98 valence electrons. The third-order valence-electron chi connectivity index (χ3n) is 2.63. The molecule has 1 aliphatic rings. The van der Waals surface area contributed by atoms with Crippen LogP contribution in [-0.2, 0) is 0 Å². The summed E-state index contributed by atoms with van der Waals surface area (Å²) in [6, 6.07) is 5.19. The standard InChI is InChI=1S/C13H16ClNO3/c1-9(14)4-5-15-13(16)10-2-3-11-12(8-10)18-7-6-17-11/h2-3,8-9H,4-7H2,1H3,(H,15,16). The van der Waals surface area contributed by atoms with Gasteiger partial charge in [0, 0.05) is 17.5 Å². The molecule has 1 aromatic rings. The summed E-state index contributed by atoms with van der Waals surface area (Å²) < 4.78 is 10.8. The summed E-state index contributed by atoms with van der Waals surface area (Å²) in [7, 11) is 0. The molecule has 1 heterocycles. The highest BCUT2D eigenvalue weighted by Crippen LogP contribution is 2.30. The lowest BCUT2D eigenvalue weighted by Gasteiger charge is -2.18. The number of nitrogens with one attached hydrogen (secondary N) is 1. The van der Waals surface area contributed by atoms with Crippen LogP contribution in [0.5, 0.6) is 11.5 Å². The second-order valence-corrected chi connectivity index (χ2v) is 4.93. The lowest BCUT2D eigenvalue weighted by Crippen LogP contribution is -2.26. The van der Waals surface area contributed by atoms with Gasteiger partial charge in [-0.2, -0.15) is 0 Å². The Hall–Kier alpha value is -1.42. The normalized spacial score (nSPS) is 15.0. The van der Waals surface area contributed by atoms with E-state index in [1.54, 1.807) is 18.2 Å². The van der Waals surface area contributed by atoms with E-state index in [1.165, 1.54) is 0 Å². The number of halogens is 1. The average Bonchev–Trinajstić information content (AvgIpc) is 2.37. The molecule has 5 heteroatoms. The molecule has 18 heavy (non-hydrogen) atoms. The van der Waals surface area contributed by atoms with E-state index in [1.807, 2.05) is 6.92 Å². The van der Waals surface area contributed by atoms with Crippen molar-refractivity contribution in [1.82, 2.24) is 5.32 Å². The maximum absolute atomic E-state index is 11.9. The topological polar surface area (TPSA) is 47.6 Å². The second kappa shape index (κ2) is 5.96. The van der Waals surface area contributed by atoms with Gasteiger partial charge in [-0.3, -0.25) is 4.79 Å². The van der Waals surface area contributed by atoms with Crippen LogP contribution in [0.4, 0.5) is 0 Å². The van der Waals surface area contributed by atoms with E-state index in [0.29, 0.717) is 36.8 Å². The van der Waals surface area contributed by atoms with E-state index in [0.717, 1.165) is 6.42 Å². The number of fused-ring (bicyclic) bond motifs is 1. The lowest BCUT2D eigenvalue weighted by molar-refractivity contribution is 0.0952. The lowest BCUT2D eigenvalue weighted by atomic mass is 10.2. The zero-order valence-electron chi connectivity index (χ0n) is 10.2. The van der Waals surface area contributed by atoms with Crippen molar-refractivity contribution < 1.29 is 14.3 Å². The van der Waals surface area contributed by atoms with Gasteiger partial charge in [0.15, 0.2) is 11.5 Å². The molecule has 0 spiro atoms. The third-order valence-corrected chi connectivity index (χ3v) is 2.85. The Labute approximate surface area is 111 Å². The van der Waals surface area contributed by atoms with Crippen LogP contribution in [0.3, 0.4) is 0 Å². The van der Waals surface area contributed by atoms with Crippen LogP contribution in [0.15, 0.2) is 18.2 Å². The van der Waals surface area contributed by atoms with Crippen LogP contribution in [0.1, 0.15) is 23.7 Å². The van der Waals surface area contributed by atoms with Crippen LogP contribution in [0.2, 0.25) is 0 Å². The van der Waals surface area contributed by atoms with Gasteiger partial charge in [0.25, 0.3) is 5.91 Å². The quantitative estimate of drug-likeness (QED) is 0.853. The molecule has 0 bridgehead atoms. The van der Waals surface area contributed by atoms with Gasteiger partial charge in [-0.1, -0.05) is 0 Å². The number of carbonyl (C=O) groups is 1. The molecule has 1 amide bonds. The van der Waals surface area contributed by atoms with Crippen LogP contribution in [0, 0.1) is 0 Å². The van der Waals surface area contributed by atoms with Gasteiger partial charge in [0.1, 0.15) is 13.2 Å². The number of hydrogen-bond donors (Lipinski definition) is 1. The summed E-state index contributed by atoms with van der Waals surface area (Å²) >= 11 is 5.81. The smallest absolute Gasteiger partial charge is 0.251 e. The SMILES string of the molecule is CC(Cl)CCNC(=O)c1ccc2c(c1)OCCO2. The van der Waals surface area contributed by atoms with Gasteiger partial charge in [0.05, 0.1) is 0 Å². The summed E-state index contributed by atoms with van der Waals surface area (Å²) in [4.78, 5) is 11.9. The molecule has 0 fully saturated rings. The van der Waals surface area contributed by atoms with Gasteiger partial charge >= 0.3 is 0 Å². The van der Waals surface area contributed by atoms with Crippen molar-refractivity contribution in [2.24, 2.45) is 0 Å². The van der Waals surface area contributed by atoms with E-state index in [2.05, 4.69) is 5.32 Å². The molecule has 1 aromatic carbocycles. The molecule has 4 nitrogen and oxygen atoms in total. The molecule has 0 saturated heterocycles. The maximum atomic E-state index is 11.9. The predicted octanol–water partition coefficient (Wildman–Crippen LogP) is 2.21. The summed E-state index contributed by atoms with van der Waals surface area (Å²) in [5.41, 5.74) is 0.571. The van der Waals surface area contributed by atoms with Gasteiger partial charge in [-0.05, 0) is 31.5 Å². The van der Waals surface area contributed by atoms with Crippen LogP contribution in [0.25, 0.3) is 0 Å². The first-order chi connectivity index (χ1) is 8.66. The van der Waals surface area contributed by atoms with Gasteiger partial charge < -0.3 is 14.8 Å². The van der Waals surface area contributed by atoms with Gasteiger partial charge in [-0.25, -0.2) is 0 Å². The van der Waals surface area contributed by atoms with Crippen molar-refractivity contribution in [2.45, 2.75) is 18.7 Å². The minimum absolute atomic E-state index is 0.0607. The van der Waals surface area contributed by atoms with Crippen molar-refractivity contribution in [3.05, 3.63) is 23.8 Å². The minimum atomic E-state index is -0.121. The first-order valence-corrected chi connectivity index (χ1v) is 6.42. The third kappa shape index (κ3) is 3.29. The number of ether oxygens (including phenoxy) is 2. The largest absolute Gasteiger partial charge is 0.486 e. The van der Waals surface area contributed by atoms with E-state index in [4.69, 9.17) is 21.1 Å². The number of benzene rings is 1. The number of rotatable bonds is 4. The Balaban J connectivity index is 1.98. The Morgan fingerprint density at radius 3 is 2.83 bits per heavy atom. The molecular formula is C13H16ClNO3. The maximum Gasteiger partial charge on any atom is 0.251 e. The molecule has 1 unspecified atom stereocenters. The average molecular weight is 270 g/mol. The highest BCUT2D eigenvalue weighted by atomic mass is 35.5. The summed E-state index contributed by atoms with van der Waals surface area (Å²) in [6.45, 7) is 3.53. The Bertz CT molecular complexity index is 434. The van der Waals surface area contributed by atoms with Crippen molar-refractivity contribution in [3.8, 4) is 11.5 Å². The van der Waals surface area contributed by atoms with Crippen LogP contribution in [-0.4, -0.2) is 31.0 Å². The molecule has 0 radical (unpaired) electrons. The molecule has 1 N–H and O–H groups in total. The number of carbonyl (C=O) groups excluding carboxylic acids is 1. The molecule has 1 atom stereocenters. The van der Waals surface area contributed by atoms with E-state index in [-0.39, 0.29) is 11.3 Å². The number of alkyl halides is 1. The Kier molecular flexibility index (Phi) is 4.31. The number of amides is 1. The molecular weight excluding hydrogens is 254 g/mol. The highest BCUT2D eigenvalue weighted by Gasteiger charge is 2.14. The van der Waals surface area contributed by atoms with E-state index < -0.39 is 0 Å². The highest BCUT2D eigenvalue weighted by molar-refractivity contribution is 6.20. The van der Waals surface area contributed by atoms with E-state index in [9.17, 15) is 4.79 Å². The fourth-order valence-corrected chi connectivity index (χ4v) is 1.78. The van der Waals surface area contributed by atoms with Crippen LogP contribution >= 0.6 is 11.6 Å². The van der Waals surface area contributed by atoms with Crippen LogP contribution < -0.4 is 14.8 Å². The Morgan fingerprint density at radius 1 is 1.39 bits per heavy atom. The van der Waals surface area contributed by atoms with Crippen molar-refractivity contribution in [1.29, 1.82) is 0 Å². The Morgan fingerprint density at radius 2 is 2.11 bits per heavy atom. The fourth-order valence-electron chi connectivity index (χ4n) is 1.67. The summed E-state index contributed by atoms with van der Waals surface area (Å²) in [5.74, 6) is 1.19. The van der Waals surface area contributed by atoms with Crippen molar-refractivity contribution >= 4 is 17.5 Å². The first kappa shape index (κ1) is 13.0. The molecule has 1 aliphatic heterocycles. The van der Waals surface area contributed by atoms with E-state index >= 15 is 0 Å². The summed E-state index contributed by atoms with van der Waals surface area (Å²) in [6.07, 6.45) is 0.748. The first-order valence-electron chi connectivity index (χ1n) is 5.99. The summed E-state index contributed by atoms with van der Waals surface area (Å²) in [5, 5.41) is 2.88. The zero-order valence-corrected chi connectivity index (χ0v) is 11.0. The fraction of sp³-hybridized carbons (Fsp3) is 0.462. The predicted molar refractivity (Wildman–Crippen MR) is 69.7 cm³/mol. The van der Waals surface area contributed by atoms with Crippen molar-refractivity contribution in [2.75, 3.05) is 19.8 Å². The van der Waals surface area contributed by atoms with Crippen molar-refractivity contribution in [3.63, 3.8) is 0 Å². The number of hydrogen-bond acceptors (Lipinski definition) is 3. The molecule has 0 aromatic heterocycles. The zero-order chi connectivity index (χ0) is 13.0. The molecule has 2 rings (SSSR count).